The molecule has 0 saturated carbocycles. The number of hydrogen-bond acceptors (Lipinski definition) is 4. The molecular formula is C11H10BrClO4S. The molecule has 0 amide bonds. The summed E-state index contributed by atoms with van der Waals surface area (Å²) in [7, 11) is -3.09. The highest BCUT2D eigenvalue weighted by atomic mass is 79.9. The largest absolute Gasteiger partial charge is 0.425 e. The Bertz CT molecular complexity index is 585. The first-order chi connectivity index (χ1) is 8.37. The summed E-state index contributed by atoms with van der Waals surface area (Å²) in [5.74, 6) is -0.981. The van der Waals surface area contributed by atoms with Crippen molar-refractivity contribution in [3.05, 3.63) is 27.7 Å². The van der Waals surface area contributed by atoms with Crippen LogP contribution in [0, 0.1) is 5.92 Å². The van der Waals surface area contributed by atoms with Gasteiger partial charge in [0.05, 0.1) is 22.4 Å². The van der Waals surface area contributed by atoms with Crippen molar-refractivity contribution >= 4 is 43.3 Å². The van der Waals surface area contributed by atoms with Crippen LogP contribution in [0.5, 0.6) is 5.75 Å². The molecule has 98 valence electrons. The summed E-state index contributed by atoms with van der Waals surface area (Å²) in [4.78, 5) is 11.8. The van der Waals surface area contributed by atoms with Crippen LogP contribution in [0.2, 0.25) is 5.02 Å². The van der Waals surface area contributed by atoms with Crippen LogP contribution in [0.4, 0.5) is 0 Å². The number of sulfone groups is 1. The van der Waals surface area contributed by atoms with Crippen LogP contribution in [0.1, 0.15) is 6.42 Å². The van der Waals surface area contributed by atoms with Gasteiger partial charge in [0.2, 0.25) is 0 Å². The minimum Gasteiger partial charge on any atom is -0.425 e. The van der Waals surface area contributed by atoms with Crippen LogP contribution in [0.3, 0.4) is 0 Å². The van der Waals surface area contributed by atoms with Gasteiger partial charge in [0.1, 0.15) is 5.75 Å². The van der Waals surface area contributed by atoms with Crippen molar-refractivity contribution < 1.29 is 17.9 Å². The number of esters is 1. The Labute approximate surface area is 118 Å². The maximum Gasteiger partial charge on any atom is 0.315 e. The first-order valence-corrected chi connectivity index (χ1v) is 8.24. The highest BCUT2D eigenvalue weighted by Crippen LogP contribution is 2.29. The van der Waals surface area contributed by atoms with Gasteiger partial charge >= 0.3 is 5.97 Å². The summed E-state index contributed by atoms with van der Waals surface area (Å²) in [6.07, 6.45) is 0.315. The van der Waals surface area contributed by atoms with E-state index >= 15 is 0 Å². The maximum absolute atomic E-state index is 11.8. The Morgan fingerprint density at radius 1 is 1.44 bits per heavy atom. The average molecular weight is 354 g/mol. The first-order valence-electron chi connectivity index (χ1n) is 5.24. The number of carbonyl (C=O) groups is 1. The number of benzene rings is 1. The third-order valence-electron chi connectivity index (χ3n) is 2.67. The normalized spacial score (nSPS) is 21.8. The topological polar surface area (TPSA) is 60.4 Å². The third-order valence-corrected chi connectivity index (χ3v) is 5.23. The maximum atomic E-state index is 11.8. The van der Waals surface area contributed by atoms with E-state index < -0.39 is 21.7 Å². The quantitative estimate of drug-likeness (QED) is 0.605. The molecule has 4 nitrogen and oxygen atoms in total. The van der Waals surface area contributed by atoms with Crippen molar-refractivity contribution in [1.82, 2.24) is 0 Å². The van der Waals surface area contributed by atoms with Gasteiger partial charge in [0.25, 0.3) is 0 Å². The monoisotopic (exact) mass is 352 g/mol. The highest BCUT2D eigenvalue weighted by molar-refractivity contribution is 9.10. The van der Waals surface area contributed by atoms with Crippen molar-refractivity contribution in [2.75, 3.05) is 11.5 Å². The molecule has 1 atom stereocenters. The van der Waals surface area contributed by atoms with Gasteiger partial charge in [-0.1, -0.05) is 27.5 Å². The lowest BCUT2D eigenvalue weighted by Crippen LogP contribution is -2.21. The zero-order valence-electron chi connectivity index (χ0n) is 9.23. The molecule has 0 spiro atoms. The fraction of sp³-hybridized carbons (Fsp3) is 0.364. The van der Waals surface area contributed by atoms with Gasteiger partial charge in [-0.3, -0.25) is 4.79 Å². The minimum absolute atomic E-state index is 0.0425. The SMILES string of the molecule is O=C(Oc1ccc(Br)cc1Cl)C1CCS(=O)(=O)C1. The van der Waals surface area contributed by atoms with Gasteiger partial charge in [-0.15, -0.1) is 0 Å². The van der Waals surface area contributed by atoms with E-state index in [2.05, 4.69) is 15.9 Å². The van der Waals surface area contributed by atoms with Gasteiger partial charge in [-0.2, -0.15) is 0 Å². The first kappa shape index (κ1) is 13.8. The zero-order chi connectivity index (χ0) is 13.3. The van der Waals surface area contributed by atoms with Crippen molar-refractivity contribution in [2.45, 2.75) is 6.42 Å². The van der Waals surface area contributed by atoms with E-state index in [9.17, 15) is 13.2 Å². The van der Waals surface area contributed by atoms with E-state index in [4.69, 9.17) is 16.3 Å². The van der Waals surface area contributed by atoms with E-state index in [1.54, 1.807) is 18.2 Å². The van der Waals surface area contributed by atoms with Crippen LogP contribution in [0.15, 0.2) is 22.7 Å². The van der Waals surface area contributed by atoms with Gasteiger partial charge in [0.15, 0.2) is 9.84 Å². The fourth-order valence-electron chi connectivity index (χ4n) is 1.73. The molecule has 0 bridgehead atoms. The number of rotatable bonds is 2. The summed E-state index contributed by atoms with van der Waals surface area (Å²) in [6.45, 7) is 0. The molecular weight excluding hydrogens is 344 g/mol. The Kier molecular flexibility index (Phi) is 3.99. The smallest absolute Gasteiger partial charge is 0.315 e. The lowest BCUT2D eigenvalue weighted by molar-refractivity contribution is -0.138. The van der Waals surface area contributed by atoms with Crippen LogP contribution < -0.4 is 4.74 Å². The van der Waals surface area contributed by atoms with Gasteiger partial charge in [-0.05, 0) is 24.6 Å². The molecule has 7 heteroatoms. The molecule has 18 heavy (non-hydrogen) atoms. The van der Waals surface area contributed by atoms with Crippen molar-refractivity contribution in [3.63, 3.8) is 0 Å². The molecule has 1 aromatic carbocycles. The zero-order valence-corrected chi connectivity index (χ0v) is 12.4. The lowest BCUT2D eigenvalue weighted by atomic mass is 10.1. The van der Waals surface area contributed by atoms with Crippen molar-refractivity contribution in [2.24, 2.45) is 5.92 Å². The molecule has 1 fully saturated rings. The molecule has 1 saturated heterocycles. The molecule has 0 radical (unpaired) electrons. The van der Waals surface area contributed by atoms with Crippen LogP contribution in [-0.4, -0.2) is 25.9 Å². The molecule has 0 N–H and O–H groups in total. The van der Waals surface area contributed by atoms with Crippen molar-refractivity contribution in [1.29, 1.82) is 0 Å². The molecule has 0 aliphatic carbocycles. The van der Waals surface area contributed by atoms with Gasteiger partial charge < -0.3 is 4.74 Å². The van der Waals surface area contributed by atoms with E-state index in [1.165, 1.54) is 0 Å². The lowest BCUT2D eigenvalue weighted by Gasteiger charge is -2.09. The molecule has 1 aliphatic heterocycles. The summed E-state index contributed by atoms with van der Waals surface area (Å²) in [5, 5.41) is 0.304. The highest BCUT2D eigenvalue weighted by Gasteiger charge is 2.34. The molecule has 1 heterocycles. The van der Waals surface area contributed by atoms with E-state index in [0.29, 0.717) is 11.4 Å². The predicted octanol–water partition coefficient (Wildman–Crippen LogP) is 2.44. The van der Waals surface area contributed by atoms with E-state index in [0.717, 1.165) is 4.47 Å². The molecule has 0 aromatic heterocycles. The standard InChI is InChI=1S/C11H10BrClO4S/c12-8-1-2-10(9(13)5-8)17-11(14)7-3-4-18(15,16)6-7/h1-2,5,7H,3-4,6H2. The summed E-state index contributed by atoms with van der Waals surface area (Å²) in [5.41, 5.74) is 0. The van der Waals surface area contributed by atoms with Crippen molar-refractivity contribution in [3.8, 4) is 5.75 Å². The van der Waals surface area contributed by atoms with E-state index in [-0.39, 0.29) is 17.3 Å². The number of ether oxygens (including phenoxy) is 1. The second kappa shape index (κ2) is 5.19. The average Bonchev–Trinajstić information content (AvgIpc) is 2.63. The summed E-state index contributed by atoms with van der Waals surface area (Å²) >= 11 is 9.15. The Balaban J connectivity index is 2.08. The molecule has 2 rings (SSSR count). The Hall–Kier alpha value is -0.590. The molecule has 1 unspecified atom stereocenters. The van der Waals surface area contributed by atoms with E-state index in [1.807, 2.05) is 0 Å². The second-order valence-electron chi connectivity index (χ2n) is 4.10. The predicted molar refractivity (Wildman–Crippen MR) is 71.5 cm³/mol. The number of hydrogen-bond donors (Lipinski definition) is 0. The summed E-state index contributed by atoms with van der Waals surface area (Å²) in [6, 6.07) is 4.86. The third kappa shape index (κ3) is 3.24. The number of carbonyl (C=O) groups excluding carboxylic acids is 1. The van der Waals surface area contributed by atoms with Gasteiger partial charge in [-0.25, -0.2) is 8.42 Å². The Morgan fingerprint density at radius 3 is 2.72 bits per heavy atom. The second-order valence-corrected chi connectivity index (χ2v) is 7.65. The van der Waals surface area contributed by atoms with Crippen LogP contribution in [-0.2, 0) is 14.6 Å². The summed E-state index contributed by atoms with van der Waals surface area (Å²) < 4.78 is 28.4. The molecule has 1 aliphatic rings. The minimum atomic E-state index is -3.09. The van der Waals surface area contributed by atoms with Gasteiger partial charge in [0, 0.05) is 4.47 Å². The van der Waals surface area contributed by atoms with Crippen LogP contribution >= 0.6 is 27.5 Å². The fourth-order valence-corrected chi connectivity index (χ4v) is 4.17. The van der Waals surface area contributed by atoms with Crippen LogP contribution in [0.25, 0.3) is 0 Å². The molecule has 1 aromatic rings. The Morgan fingerprint density at radius 2 is 2.17 bits per heavy atom. The number of halogens is 2.